The minimum atomic E-state index is -0.716. The highest BCUT2D eigenvalue weighted by Gasteiger charge is 2.35. The number of carbonyl (C=O) groups is 1. The Bertz CT molecular complexity index is 546. The van der Waals surface area contributed by atoms with E-state index in [-0.39, 0.29) is 12.1 Å². The van der Waals surface area contributed by atoms with Gasteiger partial charge >= 0.3 is 5.97 Å². The van der Waals surface area contributed by atoms with E-state index in [9.17, 15) is 9.90 Å². The van der Waals surface area contributed by atoms with Crippen LogP contribution in [0.4, 0.5) is 0 Å². The topological polar surface area (TPSA) is 59.0 Å². The molecule has 1 N–H and O–H groups in total. The Labute approximate surface area is 144 Å². The van der Waals surface area contributed by atoms with Crippen molar-refractivity contribution in [1.29, 1.82) is 0 Å². The van der Waals surface area contributed by atoms with Gasteiger partial charge in [0.2, 0.25) is 0 Å². The number of likely N-dealkylation sites (tertiary alicyclic amines) is 1. The zero-order valence-corrected chi connectivity index (χ0v) is 15.0. The van der Waals surface area contributed by atoms with Crippen LogP contribution in [0.5, 0.6) is 11.5 Å². The highest BCUT2D eigenvalue weighted by molar-refractivity contribution is 5.74. The Balaban J connectivity index is 2.31. The molecule has 1 aromatic carbocycles. The predicted octanol–water partition coefficient (Wildman–Crippen LogP) is 3.87. The molecule has 0 saturated carbocycles. The van der Waals surface area contributed by atoms with Gasteiger partial charge in [-0.2, -0.15) is 0 Å². The number of ether oxygens (including phenoxy) is 2. The molecule has 2 unspecified atom stereocenters. The number of unbranched alkanes of at least 4 members (excludes halogenated alkanes) is 1. The van der Waals surface area contributed by atoms with E-state index in [0.29, 0.717) is 12.4 Å². The van der Waals surface area contributed by atoms with Crippen molar-refractivity contribution in [3.8, 4) is 11.5 Å². The lowest BCUT2D eigenvalue weighted by Gasteiger charge is -2.32. The third-order valence-electron chi connectivity index (χ3n) is 4.68. The van der Waals surface area contributed by atoms with E-state index >= 15 is 0 Å². The summed E-state index contributed by atoms with van der Waals surface area (Å²) in [5.41, 5.74) is 1.11. The van der Waals surface area contributed by atoms with Crippen LogP contribution in [-0.2, 0) is 4.79 Å². The molecular weight excluding hydrogens is 306 g/mol. The summed E-state index contributed by atoms with van der Waals surface area (Å²) in [6.45, 7) is 5.52. The van der Waals surface area contributed by atoms with Crippen molar-refractivity contribution < 1.29 is 19.4 Å². The van der Waals surface area contributed by atoms with Gasteiger partial charge in [-0.1, -0.05) is 25.8 Å². The number of carboxylic acids is 1. The number of hydrogen-bond acceptors (Lipinski definition) is 4. The maximum atomic E-state index is 11.6. The highest BCUT2D eigenvalue weighted by atomic mass is 16.5. The number of methoxy groups -OCH3 is 1. The number of aliphatic carboxylic acids is 1. The number of hydrogen-bond donors (Lipinski definition) is 1. The first-order chi connectivity index (χ1) is 11.6. The van der Waals surface area contributed by atoms with Crippen molar-refractivity contribution in [3.05, 3.63) is 23.8 Å². The van der Waals surface area contributed by atoms with Crippen LogP contribution in [0, 0.1) is 0 Å². The molecule has 1 saturated heterocycles. The van der Waals surface area contributed by atoms with E-state index in [1.807, 2.05) is 25.1 Å². The van der Waals surface area contributed by atoms with E-state index in [1.165, 1.54) is 0 Å². The van der Waals surface area contributed by atoms with Crippen molar-refractivity contribution in [1.82, 2.24) is 4.90 Å². The van der Waals surface area contributed by atoms with Gasteiger partial charge in [0.25, 0.3) is 0 Å². The molecule has 0 aliphatic carbocycles. The summed E-state index contributed by atoms with van der Waals surface area (Å²) in [7, 11) is 1.64. The minimum absolute atomic E-state index is 0.109. The molecule has 0 spiro atoms. The Hall–Kier alpha value is -1.75. The Morgan fingerprint density at radius 1 is 1.38 bits per heavy atom. The van der Waals surface area contributed by atoms with Gasteiger partial charge in [-0.15, -0.1) is 0 Å². The summed E-state index contributed by atoms with van der Waals surface area (Å²) in [5.74, 6) is 0.725. The van der Waals surface area contributed by atoms with Crippen LogP contribution in [0.1, 0.15) is 57.6 Å². The third-order valence-corrected chi connectivity index (χ3v) is 4.68. The van der Waals surface area contributed by atoms with Gasteiger partial charge in [0.05, 0.1) is 13.7 Å². The average Bonchev–Trinajstić information content (AvgIpc) is 3.06. The van der Waals surface area contributed by atoms with Gasteiger partial charge in [-0.3, -0.25) is 9.69 Å². The van der Waals surface area contributed by atoms with Crippen molar-refractivity contribution in [2.75, 3.05) is 20.3 Å². The van der Waals surface area contributed by atoms with Gasteiger partial charge in [0.1, 0.15) is 6.04 Å². The summed E-state index contributed by atoms with van der Waals surface area (Å²) >= 11 is 0. The Kier molecular flexibility index (Phi) is 6.91. The maximum absolute atomic E-state index is 11.6. The molecule has 1 aliphatic rings. The molecule has 2 rings (SSSR count). The molecule has 1 fully saturated rings. The van der Waals surface area contributed by atoms with Gasteiger partial charge in [-0.25, -0.2) is 0 Å². The standard InChI is InChI=1S/C19H29NO4/c1-4-6-8-15(20-12-7-9-16(20)19(21)22)14-10-11-17(24-5-2)18(13-14)23-3/h10-11,13,15-16H,4-9,12H2,1-3H3,(H,21,22). The van der Waals surface area contributed by atoms with Crippen LogP contribution in [-0.4, -0.2) is 42.3 Å². The molecule has 1 heterocycles. The number of nitrogens with zero attached hydrogens (tertiary/aromatic N) is 1. The van der Waals surface area contributed by atoms with E-state index in [2.05, 4.69) is 11.8 Å². The van der Waals surface area contributed by atoms with E-state index < -0.39 is 5.97 Å². The minimum Gasteiger partial charge on any atom is -0.493 e. The normalized spacial score (nSPS) is 19.2. The fourth-order valence-corrected chi connectivity index (χ4v) is 3.51. The van der Waals surface area contributed by atoms with Crippen LogP contribution < -0.4 is 9.47 Å². The van der Waals surface area contributed by atoms with Crippen LogP contribution in [0.25, 0.3) is 0 Å². The molecule has 5 nitrogen and oxygen atoms in total. The molecule has 24 heavy (non-hydrogen) atoms. The van der Waals surface area contributed by atoms with E-state index in [0.717, 1.165) is 50.0 Å². The number of carboxylic acid groups (broad SMARTS) is 1. The summed E-state index contributed by atoms with van der Waals surface area (Å²) in [6, 6.07) is 5.71. The van der Waals surface area contributed by atoms with E-state index in [1.54, 1.807) is 7.11 Å². The van der Waals surface area contributed by atoms with Gasteiger partial charge in [0.15, 0.2) is 11.5 Å². The second-order valence-corrected chi connectivity index (χ2v) is 6.24. The largest absolute Gasteiger partial charge is 0.493 e. The first-order valence-corrected chi connectivity index (χ1v) is 8.91. The fourth-order valence-electron chi connectivity index (χ4n) is 3.51. The van der Waals surface area contributed by atoms with Gasteiger partial charge in [0, 0.05) is 6.04 Å². The van der Waals surface area contributed by atoms with Crippen LogP contribution >= 0.6 is 0 Å². The van der Waals surface area contributed by atoms with Gasteiger partial charge in [-0.05, 0) is 50.4 Å². The fraction of sp³-hybridized carbons (Fsp3) is 0.632. The van der Waals surface area contributed by atoms with Crippen LogP contribution in [0.2, 0.25) is 0 Å². The molecule has 1 aliphatic heterocycles. The molecule has 134 valence electrons. The molecule has 0 amide bonds. The Morgan fingerprint density at radius 2 is 2.17 bits per heavy atom. The summed E-state index contributed by atoms with van der Waals surface area (Å²) in [4.78, 5) is 13.7. The summed E-state index contributed by atoms with van der Waals surface area (Å²) < 4.78 is 11.1. The zero-order valence-electron chi connectivity index (χ0n) is 15.0. The van der Waals surface area contributed by atoms with Gasteiger partial charge < -0.3 is 14.6 Å². The molecular formula is C19H29NO4. The first-order valence-electron chi connectivity index (χ1n) is 8.91. The van der Waals surface area contributed by atoms with Crippen molar-refractivity contribution in [3.63, 3.8) is 0 Å². The monoisotopic (exact) mass is 335 g/mol. The molecule has 5 heteroatoms. The number of benzene rings is 1. The third kappa shape index (κ3) is 4.20. The molecule has 2 atom stereocenters. The smallest absolute Gasteiger partial charge is 0.320 e. The molecule has 0 bridgehead atoms. The summed E-state index contributed by atoms with van der Waals surface area (Å²) in [6.07, 6.45) is 4.79. The van der Waals surface area contributed by atoms with E-state index in [4.69, 9.17) is 9.47 Å². The van der Waals surface area contributed by atoms with Crippen LogP contribution in [0.15, 0.2) is 18.2 Å². The lowest BCUT2D eigenvalue weighted by Crippen LogP contribution is -2.38. The quantitative estimate of drug-likeness (QED) is 0.742. The molecule has 1 aromatic rings. The molecule has 0 radical (unpaired) electrons. The van der Waals surface area contributed by atoms with Crippen LogP contribution in [0.3, 0.4) is 0 Å². The second-order valence-electron chi connectivity index (χ2n) is 6.24. The maximum Gasteiger partial charge on any atom is 0.320 e. The highest BCUT2D eigenvalue weighted by Crippen LogP contribution is 2.37. The lowest BCUT2D eigenvalue weighted by atomic mass is 9.98. The average molecular weight is 335 g/mol. The zero-order chi connectivity index (χ0) is 17.5. The first kappa shape index (κ1) is 18.6. The van der Waals surface area contributed by atoms with Crippen molar-refractivity contribution in [2.45, 2.75) is 58.0 Å². The van der Waals surface area contributed by atoms with Crippen molar-refractivity contribution in [2.24, 2.45) is 0 Å². The summed E-state index contributed by atoms with van der Waals surface area (Å²) in [5, 5.41) is 9.53. The Morgan fingerprint density at radius 3 is 2.79 bits per heavy atom. The SMILES string of the molecule is CCCCC(c1ccc(OCC)c(OC)c1)N1CCCC1C(=O)O. The lowest BCUT2D eigenvalue weighted by molar-refractivity contribution is -0.143. The van der Waals surface area contributed by atoms with Crippen molar-refractivity contribution >= 4 is 5.97 Å². The molecule has 0 aromatic heterocycles. The number of rotatable bonds is 9. The predicted molar refractivity (Wildman–Crippen MR) is 93.8 cm³/mol. The second kappa shape index (κ2) is 8.92.